The van der Waals surface area contributed by atoms with Gasteiger partial charge in [-0.3, -0.25) is 9.69 Å². The molecule has 0 aliphatic heterocycles. The number of benzene rings is 3. The third-order valence-electron chi connectivity index (χ3n) is 6.88. The highest BCUT2D eigenvalue weighted by Gasteiger charge is 2.30. The van der Waals surface area contributed by atoms with Gasteiger partial charge in [-0.1, -0.05) is 79.0 Å². The third-order valence-corrected chi connectivity index (χ3v) is 7.62. The van der Waals surface area contributed by atoms with Gasteiger partial charge in [0.2, 0.25) is 5.91 Å². The predicted molar refractivity (Wildman–Crippen MR) is 156 cm³/mol. The summed E-state index contributed by atoms with van der Waals surface area (Å²) in [6.45, 7) is 3.78. The van der Waals surface area contributed by atoms with Crippen molar-refractivity contribution in [2.45, 2.75) is 45.5 Å². The molecule has 0 saturated heterocycles. The number of unbranched alkanes of at least 4 members (excludes halogenated alkanes) is 1. The molecule has 0 fully saturated rings. The molecule has 40 heavy (non-hydrogen) atoms. The average molecular weight is 591 g/mol. The van der Waals surface area contributed by atoms with Crippen LogP contribution in [0.2, 0.25) is 10.0 Å². The molecule has 4 rings (SSSR count). The lowest BCUT2D eigenvalue weighted by molar-refractivity contribution is -0.137. The molecule has 212 valence electrons. The van der Waals surface area contributed by atoms with Crippen LogP contribution in [0.4, 0.5) is 13.2 Å². The van der Waals surface area contributed by atoms with Crippen molar-refractivity contribution in [2.75, 3.05) is 19.6 Å². The van der Waals surface area contributed by atoms with Crippen LogP contribution in [0.3, 0.4) is 0 Å². The predicted octanol–water partition coefficient (Wildman–Crippen LogP) is 8.37. The molecule has 9 heteroatoms. The Morgan fingerprint density at radius 3 is 2.42 bits per heavy atom. The highest BCUT2D eigenvalue weighted by Crippen LogP contribution is 2.30. The molecule has 0 spiro atoms. The van der Waals surface area contributed by atoms with E-state index in [2.05, 4.69) is 4.98 Å². The topological polar surface area (TPSA) is 39.3 Å². The number of rotatable bonds is 12. The number of para-hydroxylation sites is 1. The fraction of sp³-hybridized carbons (Fsp3) is 0.323. The fourth-order valence-electron chi connectivity index (χ4n) is 4.74. The molecule has 1 amide bonds. The van der Waals surface area contributed by atoms with Gasteiger partial charge in [0.15, 0.2) is 0 Å². The van der Waals surface area contributed by atoms with Crippen molar-refractivity contribution in [3.05, 3.63) is 105 Å². The maximum atomic E-state index is 13.7. The van der Waals surface area contributed by atoms with E-state index in [1.54, 1.807) is 23.1 Å². The molecular weight excluding hydrogens is 558 g/mol. The van der Waals surface area contributed by atoms with Gasteiger partial charge in [0.25, 0.3) is 0 Å². The van der Waals surface area contributed by atoms with Gasteiger partial charge >= 0.3 is 6.18 Å². The van der Waals surface area contributed by atoms with Crippen LogP contribution in [0, 0.1) is 0 Å². The highest BCUT2D eigenvalue weighted by molar-refractivity contribution is 6.42. The minimum Gasteiger partial charge on any atom is -0.361 e. The molecule has 1 N–H and O–H groups in total. The number of hydrogen-bond donors (Lipinski definition) is 1. The molecule has 1 heterocycles. The molecule has 0 unspecified atom stereocenters. The van der Waals surface area contributed by atoms with Crippen LogP contribution in [0.1, 0.15) is 42.0 Å². The molecule has 0 aliphatic rings. The number of alkyl halides is 3. The number of nitrogens with zero attached hydrogens (tertiary/aromatic N) is 2. The smallest absolute Gasteiger partial charge is 0.361 e. The molecule has 0 radical (unpaired) electrons. The normalized spacial score (nSPS) is 11.9. The van der Waals surface area contributed by atoms with Gasteiger partial charge in [0.1, 0.15) is 0 Å². The van der Waals surface area contributed by atoms with Gasteiger partial charge in [-0.25, -0.2) is 0 Å². The maximum absolute atomic E-state index is 13.7. The summed E-state index contributed by atoms with van der Waals surface area (Å²) < 4.78 is 39.9. The Bertz CT molecular complexity index is 1440. The molecule has 4 nitrogen and oxygen atoms in total. The third kappa shape index (κ3) is 8.03. The lowest BCUT2D eigenvalue weighted by Crippen LogP contribution is -2.41. The number of fused-ring (bicyclic) bond motifs is 1. The van der Waals surface area contributed by atoms with Gasteiger partial charge in [-0.05, 0) is 60.3 Å². The number of aromatic nitrogens is 1. The van der Waals surface area contributed by atoms with Crippen molar-refractivity contribution >= 4 is 40.0 Å². The van der Waals surface area contributed by atoms with Crippen molar-refractivity contribution in [3.63, 3.8) is 0 Å². The first-order valence-electron chi connectivity index (χ1n) is 13.3. The molecule has 4 aromatic rings. The van der Waals surface area contributed by atoms with E-state index in [1.165, 1.54) is 6.07 Å². The Kier molecular flexibility index (Phi) is 10.2. The summed E-state index contributed by atoms with van der Waals surface area (Å²) in [5.74, 6) is -0.103. The second-order valence-corrected chi connectivity index (χ2v) is 10.7. The van der Waals surface area contributed by atoms with E-state index in [0.29, 0.717) is 41.7 Å². The second kappa shape index (κ2) is 13.6. The monoisotopic (exact) mass is 589 g/mol. The Labute approximate surface area is 242 Å². The second-order valence-electron chi connectivity index (χ2n) is 9.94. The number of amides is 1. The zero-order chi connectivity index (χ0) is 28.7. The van der Waals surface area contributed by atoms with Crippen LogP contribution in [-0.2, 0) is 30.5 Å². The first-order valence-corrected chi connectivity index (χ1v) is 14.0. The van der Waals surface area contributed by atoms with Crippen molar-refractivity contribution in [1.29, 1.82) is 0 Å². The largest absolute Gasteiger partial charge is 0.416 e. The Balaban J connectivity index is 1.54. The van der Waals surface area contributed by atoms with E-state index in [4.69, 9.17) is 23.2 Å². The van der Waals surface area contributed by atoms with Crippen LogP contribution in [-0.4, -0.2) is 40.3 Å². The van der Waals surface area contributed by atoms with Crippen molar-refractivity contribution < 1.29 is 18.0 Å². The number of carbonyl (C=O) groups is 1. The standard InChI is InChI=1S/C31H32Cl2F3N3O/c1-2-3-14-38(19-22-7-6-8-25(16-22)31(34,35)36)21-30(40)39(20-23-11-12-27(32)28(33)17-23)15-13-24-18-37-29-10-5-4-9-26(24)29/h4-12,16-18,37H,2-3,13-15,19-21H2,1H3. The van der Waals surface area contributed by atoms with Crippen molar-refractivity contribution in [2.24, 2.45) is 0 Å². The van der Waals surface area contributed by atoms with Crippen LogP contribution in [0.15, 0.2) is 72.9 Å². The summed E-state index contributed by atoms with van der Waals surface area (Å²) in [6.07, 6.45) is -0.0817. The molecule has 1 aromatic heterocycles. The quantitative estimate of drug-likeness (QED) is 0.180. The minimum atomic E-state index is -4.42. The van der Waals surface area contributed by atoms with Gasteiger partial charge in [0.05, 0.1) is 22.2 Å². The number of halogens is 5. The lowest BCUT2D eigenvalue weighted by Gasteiger charge is -2.28. The van der Waals surface area contributed by atoms with E-state index in [-0.39, 0.29) is 19.0 Å². The van der Waals surface area contributed by atoms with E-state index in [9.17, 15) is 18.0 Å². The van der Waals surface area contributed by atoms with E-state index in [0.717, 1.165) is 47.0 Å². The first-order chi connectivity index (χ1) is 19.1. The summed E-state index contributed by atoms with van der Waals surface area (Å²) in [5, 5.41) is 1.96. The summed E-state index contributed by atoms with van der Waals surface area (Å²) in [7, 11) is 0. The van der Waals surface area contributed by atoms with Gasteiger partial charge in [-0.15, -0.1) is 0 Å². The molecule has 0 saturated carbocycles. The van der Waals surface area contributed by atoms with E-state index >= 15 is 0 Å². The molecule has 0 bridgehead atoms. The van der Waals surface area contributed by atoms with Gasteiger partial charge in [-0.2, -0.15) is 13.2 Å². The van der Waals surface area contributed by atoms with Crippen LogP contribution in [0.25, 0.3) is 10.9 Å². The van der Waals surface area contributed by atoms with Crippen LogP contribution >= 0.6 is 23.2 Å². The molecule has 3 aromatic carbocycles. The van der Waals surface area contributed by atoms with Gasteiger partial charge < -0.3 is 9.88 Å². The molecule has 0 aliphatic carbocycles. The molecule has 0 atom stereocenters. The zero-order valence-electron chi connectivity index (χ0n) is 22.3. The minimum absolute atomic E-state index is 0.0887. The Morgan fingerprint density at radius 1 is 0.900 bits per heavy atom. The Hall–Kier alpha value is -3.00. The number of hydrogen-bond acceptors (Lipinski definition) is 2. The Morgan fingerprint density at radius 2 is 1.68 bits per heavy atom. The zero-order valence-corrected chi connectivity index (χ0v) is 23.8. The average Bonchev–Trinajstić information content (AvgIpc) is 3.34. The van der Waals surface area contributed by atoms with Crippen LogP contribution < -0.4 is 0 Å². The summed E-state index contributed by atoms with van der Waals surface area (Å²) >= 11 is 12.4. The number of carbonyl (C=O) groups excluding carboxylic acids is 1. The van der Waals surface area contributed by atoms with E-state index in [1.807, 2.05) is 48.4 Å². The highest BCUT2D eigenvalue weighted by atomic mass is 35.5. The first kappa shape index (κ1) is 30.0. The van der Waals surface area contributed by atoms with Crippen molar-refractivity contribution in [3.8, 4) is 0 Å². The number of H-pyrrole nitrogens is 1. The SMILES string of the molecule is CCCCN(CC(=O)N(CCc1c[nH]c2ccccc12)Cc1ccc(Cl)c(Cl)c1)Cc1cccc(C(F)(F)F)c1. The fourth-order valence-corrected chi connectivity index (χ4v) is 5.06. The van der Waals surface area contributed by atoms with Gasteiger partial charge in [0, 0.05) is 36.7 Å². The van der Waals surface area contributed by atoms with E-state index < -0.39 is 11.7 Å². The van der Waals surface area contributed by atoms with Crippen LogP contribution in [0.5, 0.6) is 0 Å². The lowest BCUT2D eigenvalue weighted by atomic mass is 10.1. The van der Waals surface area contributed by atoms with Crippen molar-refractivity contribution in [1.82, 2.24) is 14.8 Å². The molecular formula is C31H32Cl2F3N3O. The number of aromatic amines is 1. The summed E-state index contributed by atoms with van der Waals surface area (Å²) in [5.41, 5.74) is 2.82. The summed E-state index contributed by atoms with van der Waals surface area (Å²) in [6, 6.07) is 18.6. The number of nitrogens with one attached hydrogen (secondary N) is 1. The summed E-state index contributed by atoms with van der Waals surface area (Å²) in [4.78, 5) is 20.7. The maximum Gasteiger partial charge on any atom is 0.416 e.